The summed E-state index contributed by atoms with van der Waals surface area (Å²) in [6.45, 7) is 2.01. The second kappa shape index (κ2) is 10.3. The average molecular weight is 521 g/mol. The molecule has 0 saturated heterocycles. The molecule has 1 aliphatic rings. The van der Waals surface area contributed by atoms with Crippen LogP contribution in [0.2, 0.25) is 0 Å². The maximum Gasteiger partial charge on any atom is 0.262 e. The molecular weight excluding hydrogens is 496 g/mol. The van der Waals surface area contributed by atoms with Crippen molar-refractivity contribution in [2.75, 3.05) is 25.6 Å². The molecule has 3 heterocycles. The van der Waals surface area contributed by atoms with E-state index in [1.807, 2.05) is 24.3 Å². The van der Waals surface area contributed by atoms with Gasteiger partial charge in [0.05, 0.1) is 35.9 Å². The van der Waals surface area contributed by atoms with Gasteiger partial charge in [-0.2, -0.15) is 0 Å². The Labute approximate surface area is 215 Å². The normalized spacial score (nSPS) is 14.3. The number of nitrogens with zero attached hydrogens (tertiary/aromatic N) is 2. The zero-order valence-electron chi connectivity index (χ0n) is 20.1. The topological polar surface area (TPSA) is 121 Å². The molecule has 0 spiro atoms. The molecule has 4 aromatic rings. The van der Waals surface area contributed by atoms with E-state index in [2.05, 4.69) is 15.6 Å². The Morgan fingerprint density at radius 3 is 2.73 bits per heavy atom. The minimum atomic E-state index is -0.408. The summed E-state index contributed by atoms with van der Waals surface area (Å²) in [5.41, 5.74) is 0.618. The Kier molecular flexibility index (Phi) is 6.78. The van der Waals surface area contributed by atoms with Gasteiger partial charge in [0, 0.05) is 0 Å². The Morgan fingerprint density at radius 2 is 1.92 bits per heavy atom. The molecule has 1 aliphatic heterocycles. The largest absolute Gasteiger partial charge is 0.495 e. The molecule has 0 saturated carbocycles. The molecule has 1 unspecified atom stereocenters. The fourth-order valence-electron chi connectivity index (χ4n) is 4.03. The van der Waals surface area contributed by atoms with E-state index in [9.17, 15) is 14.4 Å². The number of amides is 2. The summed E-state index contributed by atoms with van der Waals surface area (Å²) in [5.74, 6) is 1.07. The van der Waals surface area contributed by atoms with Gasteiger partial charge in [-0.15, -0.1) is 11.3 Å². The quantitative estimate of drug-likeness (QED) is 0.384. The first kappa shape index (κ1) is 24.3. The van der Waals surface area contributed by atoms with Crippen LogP contribution in [-0.2, 0) is 11.3 Å². The summed E-state index contributed by atoms with van der Waals surface area (Å²) >= 11 is 1.13. The number of fused-ring (bicyclic) bond motifs is 2. The van der Waals surface area contributed by atoms with Gasteiger partial charge in [-0.05, 0) is 36.8 Å². The summed E-state index contributed by atoms with van der Waals surface area (Å²) in [6, 6.07) is 14.3. The van der Waals surface area contributed by atoms with Gasteiger partial charge in [-0.3, -0.25) is 19.0 Å². The van der Waals surface area contributed by atoms with Crippen LogP contribution in [0, 0.1) is 6.92 Å². The van der Waals surface area contributed by atoms with Gasteiger partial charge in [0.2, 0.25) is 5.91 Å². The number of methoxy groups -OCH3 is 1. The van der Waals surface area contributed by atoms with Crippen LogP contribution in [0.15, 0.2) is 59.7 Å². The van der Waals surface area contributed by atoms with Crippen molar-refractivity contribution in [3.05, 3.63) is 75.7 Å². The zero-order valence-corrected chi connectivity index (χ0v) is 21.0. The second-order valence-corrected chi connectivity index (χ2v) is 9.37. The molecule has 190 valence electrons. The number of hydrogen-bond donors (Lipinski definition) is 2. The van der Waals surface area contributed by atoms with Crippen molar-refractivity contribution in [2.24, 2.45) is 0 Å². The van der Waals surface area contributed by atoms with E-state index in [0.717, 1.165) is 11.3 Å². The molecule has 2 aromatic heterocycles. The van der Waals surface area contributed by atoms with Crippen LogP contribution in [0.25, 0.3) is 10.2 Å². The fourth-order valence-corrected chi connectivity index (χ4v) is 5.09. The number of carbonyl (C=O) groups excluding carboxylic acids is 2. The van der Waals surface area contributed by atoms with Crippen LogP contribution in [0.4, 0.5) is 5.69 Å². The number of aryl methyl sites for hydroxylation is 1. The number of carbonyl (C=O) groups is 2. The van der Waals surface area contributed by atoms with Crippen molar-refractivity contribution in [3.63, 3.8) is 0 Å². The van der Waals surface area contributed by atoms with Crippen LogP contribution >= 0.6 is 11.3 Å². The van der Waals surface area contributed by atoms with Gasteiger partial charge < -0.3 is 24.8 Å². The van der Waals surface area contributed by atoms with Crippen molar-refractivity contribution in [1.29, 1.82) is 0 Å². The van der Waals surface area contributed by atoms with Gasteiger partial charge >= 0.3 is 0 Å². The second-order valence-electron chi connectivity index (χ2n) is 8.37. The lowest BCUT2D eigenvalue weighted by Crippen LogP contribution is -2.40. The molecule has 0 aliphatic carbocycles. The summed E-state index contributed by atoms with van der Waals surface area (Å²) in [5, 5.41) is 5.92. The van der Waals surface area contributed by atoms with Crippen LogP contribution < -0.4 is 30.4 Å². The standard InChI is InChI=1S/C26H24N4O6S/c1-15-22-25(28-14-30(26(22)33)12-21(31)29-17-7-3-4-8-18(17)34-2)37-23(15)24(32)27-11-16-13-35-19-9-5-6-10-20(19)36-16/h3-10,14,16H,11-13H2,1-2H3,(H,27,32)(H,29,31). The number of hydrogen-bond acceptors (Lipinski definition) is 8. The Hall–Kier alpha value is -4.38. The maximum atomic E-state index is 13.2. The first-order chi connectivity index (χ1) is 17.9. The number of nitrogens with one attached hydrogen (secondary N) is 2. The minimum Gasteiger partial charge on any atom is -0.495 e. The number of benzene rings is 2. The molecule has 11 heteroatoms. The van der Waals surface area contributed by atoms with Gasteiger partial charge in [0.1, 0.15) is 29.8 Å². The summed E-state index contributed by atoms with van der Waals surface area (Å²) in [7, 11) is 1.51. The highest BCUT2D eigenvalue weighted by Gasteiger charge is 2.24. The highest BCUT2D eigenvalue weighted by atomic mass is 32.1. The predicted octanol–water partition coefficient (Wildman–Crippen LogP) is 2.98. The molecule has 0 radical (unpaired) electrons. The first-order valence-corrected chi connectivity index (χ1v) is 12.3. The monoisotopic (exact) mass is 520 g/mol. The number of ether oxygens (including phenoxy) is 3. The molecule has 37 heavy (non-hydrogen) atoms. The Balaban J connectivity index is 1.28. The highest BCUT2D eigenvalue weighted by Crippen LogP contribution is 2.31. The lowest BCUT2D eigenvalue weighted by Gasteiger charge is -2.26. The summed E-state index contributed by atoms with van der Waals surface area (Å²) in [6.07, 6.45) is 0.972. The third-order valence-corrected chi connectivity index (χ3v) is 7.07. The molecule has 0 fully saturated rings. The molecular formula is C26H24N4O6S. The number of anilines is 1. The predicted molar refractivity (Wildman–Crippen MR) is 139 cm³/mol. The van der Waals surface area contributed by atoms with E-state index in [0.29, 0.717) is 50.2 Å². The number of rotatable bonds is 7. The van der Waals surface area contributed by atoms with Crippen LogP contribution in [0.5, 0.6) is 17.2 Å². The minimum absolute atomic E-state index is 0.238. The van der Waals surface area contributed by atoms with Crippen LogP contribution in [-0.4, -0.2) is 47.7 Å². The molecule has 10 nitrogen and oxygen atoms in total. The van der Waals surface area contributed by atoms with Crippen molar-refractivity contribution in [3.8, 4) is 17.2 Å². The molecule has 2 aromatic carbocycles. The Bertz CT molecular complexity index is 1550. The molecule has 0 bridgehead atoms. The van der Waals surface area contributed by atoms with E-state index in [1.54, 1.807) is 31.2 Å². The lowest BCUT2D eigenvalue weighted by molar-refractivity contribution is -0.116. The van der Waals surface area contributed by atoms with Gasteiger partial charge in [0.25, 0.3) is 11.5 Å². The summed E-state index contributed by atoms with van der Waals surface area (Å²) < 4.78 is 18.0. The SMILES string of the molecule is COc1ccccc1NC(=O)Cn1cnc2sc(C(=O)NCC3COc4ccccc4O3)c(C)c2c1=O. The van der Waals surface area contributed by atoms with E-state index in [-0.39, 0.29) is 25.1 Å². The van der Waals surface area contributed by atoms with E-state index < -0.39 is 11.5 Å². The van der Waals surface area contributed by atoms with Crippen molar-refractivity contribution in [1.82, 2.24) is 14.9 Å². The smallest absolute Gasteiger partial charge is 0.262 e. The average Bonchev–Trinajstić information content (AvgIpc) is 3.26. The number of para-hydroxylation sites is 4. The van der Waals surface area contributed by atoms with E-state index in [4.69, 9.17) is 14.2 Å². The molecule has 2 N–H and O–H groups in total. The third-order valence-electron chi connectivity index (χ3n) is 5.88. The fraction of sp³-hybridized carbons (Fsp3) is 0.231. The first-order valence-electron chi connectivity index (χ1n) is 11.5. The lowest BCUT2D eigenvalue weighted by atomic mass is 10.2. The number of aromatic nitrogens is 2. The maximum absolute atomic E-state index is 13.2. The third kappa shape index (κ3) is 4.98. The van der Waals surface area contributed by atoms with E-state index >= 15 is 0 Å². The van der Waals surface area contributed by atoms with Gasteiger partial charge in [-0.25, -0.2) is 4.98 Å². The summed E-state index contributed by atoms with van der Waals surface area (Å²) in [4.78, 5) is 43.9. The molecule has 5 rings (SSSR count). The molecule has 1 atom stereocenters. The van der Waals surface area contributed by atoms with Crippen molar-refractivity contribution >= 4 is 39.1 Å². The van der Waals surface area contributed by atoms with Gasteiger partial charge in [0.15, 0.2) is 11.5 Å². The zero-order chi connectivity index (χ0) is 25.9. The van der Waals surface area contributed by atoms with Gasteiger partial charge in [-0.1, -0.05) is 24.3 Å². The van der Waals surface area contributed by atoms with Crippen molar-refractivity contribution < 1.29 is 23.8 Å². The van der Waals surface area contributed by atoms with Crippen LogP contribution in [0.1, 0.15) is 15.2 Å². The van der Waals surface area contributed by atoms with E-state index in [1.165, 1.54) is 18.0 Å². The Morgan fingerprint density at radius 1 is 1.16 bits per heavy atom. The highest BCUT2D eigenvalue weighted by molar-refractivity contribution is 7.20. The van der Waals surface area contributed by atoms with Crippen molar-refractivity contribution in [2.45, 2.75) is 19.6 Å². The molecule has 2 amide bonds. The van der Waals surface area contributed by atoms with Crippen LogP contribution in [0.3, 0.4) is 0 Å². The number of thiophene rings is 1.